The summed E-state index contributed by atoms with van der Waals surface area (Å²) < 4.78 is 1.70. The highest BCUT2D eigenvalue weighted by atomic mass is 32.1. The van der Waals surface area contributed by atoms with Gasteiger partial charge in [-0.3, -0.25) is 9.47 Å². The van der Waals surface area contributed by atoms with Gasteiger partial charge in [-0.2, -0.15) is 0 Å². The SMILES string of the molecule is Cc1ccsc1C(=O)c1ccc2c(c1)c(C1CCN(C)CC1)cn2N. The molecule has 1 aliphatic heterocycles. The maximum atomic E-state index is 12.9. The minimum Gasteiger partial charge on any atom is -0.339 e. The van der Waals surface area contributed by atoms with Crippen LogP contribution in [0.15, 0.2) is 35.8 Å². The molecule has 2 N–H and O–H groups in total. The van der Waals surface area contributed by atoms with Crippen LogP contribution in [0.25, 0.3) is 10.9 Å². The van der Waals surface area contributed by atoms with E-state index >= 15 is 0 Å². The molecule has 0 amide bonds. The van der Waals surface area contributed by atoms with Crippen LogP contribution in [0.1, 0.15) is 45.1 Å². The minimum absolute atomic E-state index is 0.105. The fourth-order valence-corrected chi connectivity index (χ4v) is 4.69. The first-order chi connectivity index (χ1) is 12.0. The van der Waals surface area contributed by atoms with Crippen LogP contribution in [0.3, 0.4) is 0 Å². The fraction of sp³-hybridized carbons (Fsp3) is 0.350. The van der Waals surface area contributed by atoms with Crippen LogP contribution in [0, 0.1) is 6.92 Å². The molecule has 4 rings (SSSR count). The number of rotatable bonds is 3. The lowest BCUT2D eigenvalue weighted by Crippen LogP contribution is -2.29. The number of aromatic nitrogens is 1. The van der Waals surface area contributed by atoms with Crippen molar-refractivity contribution in [1.29, 1.82) is 0 Å². The van der Waals surface area contributed by atoms with Gasteiger partial charge in [0.15, 0.2) is 0 Å². The van der Waals surface area contributed by atoms with Crippen molar-refractivity contribution in [2.75, 3.05) is 26.0 Å². The van der Waals surface area contributed by atoms with Gasteiger partial charge in [-0.05, 0) is 86.6 Å². The summed E-state index contributed by atoms with van der Waals surface area (Å²) in [6, 6.07) is 7.90. The normalized spacial score (nSPS) is 16.6. The molecule has 1 fully saturated rings. The molecule has 3 aromatic rings. The zero-order chi connectivity index (χ0) is 17.6. The zero-order valence-corrected chi connectivity index (χ0v) is 15.5. The largest absolute Gasteiger partial charge is 0.339 e. The van der Waals surface area contributed by atoms with Crippen molar-refractivity contribution in [1.82, 2.24) is 9.58 Å². The monoisotopic (exact) mass is 353 g/mol. The van der Waals surface area contributed by atoms with Crippen molar-refractivity contribution in [3.05, 3.63) is 57.4 Å². The van der Waals surface area contributed by atoms with Crippen molar-refractivity contribution in [3.8, 4) is 0 Å². The van der Waals surface area contributed by atoms with Gasteiger partial charge < -0.3 is 10.7 Å². The van der Waals surface area contributed by atoms with Crippen LogP contribution in [-0.4, -0.2) is 35.5 Å². The predicted molar refractivity (Wildman–Crippen MR) is 104 cm³/mol. The number of fused-ring (bicyclic) bond motifs is 1. The lowest BCUT2D eigenvalue weighted by molar-refractivity contribution is 0.104. The molecule has 0 bridgehead atoms. The van der Waals surface area contributed by atoms with E-state index in [4.69, 9.17) is 5.84 Å². The molecule has 5 heteroatoms. The molecule has 1 saturated heterocycles. The number of benzene rings is 1. The summed E-state index contributed by atoms with van der Waals surface area (Å²) in [5.41, 5.74) is 4.07. The van der Waals surface area contributed by atoms with E-state index in [1.807, 2.05) is 42.8 Å². The highest BCUT2D eigenvalue weighted by Crippen LogP contribution is 2.34. The van der Waals surface area contributed by atoms with Gasteiger partial charge >= 0.3 is 0 Å². The first kappa shape index (κ1) is 16.4. The molecule has 4 nitrogen and oxygen atoms in total. The summed E-state index contributed by atoms with van der Waals surface area (Å²) in [7, 11) is 2.17. The number of nitrogens with two attached hydrogens (primary N) is 1. The Balaban J connectivity index is 1.75. The summed E-state index contributed by atoms with van der Waals surface area (Å²) in [5, 5.41) is 3.10. The molecular weight excluding hydrogens is 330 g/mol. The maximum absolute atomic E-state index is 12.9. The lowest BCUT2D eigenvalue weighted by Gasteiger charge is -2.28. The van der Waals surface area contributed by atoms with E-state index in [9.17, 15) is 4.79 Å². The summed E-state index contributed by atoms with van der Waals surface area (Å²) in [4.78, 5) is 16.1. The second kappa shape index (κ2) is 6.32. The minimum atomic E-state index is 0.105. The Morgan fingerprint density at radius 2 is 2.00 bits per heavy atom. The van der Waals surface area contributed by atoms with Crippen molar-refractivity contribution < 1.29 is 4.79 Å². The number of hydrogen-bond donors (Lipinski definition) is 1. The number of thiophene rings is 1. The molecule has 0 saturated carbocycles. The van der Waals surface area contributed by atoms with Gasteiger partial charge in [0.05, 0.1) is 10.4 Å². The first-order valence-electron chi connectivity index (χ1n) is 8.72. The third-order valence-electron chi connectivity index (χ3n) is 5.35. The average molecular weight is 353 g/mol. The van der Waals surface area contributed by atoms with E-state index in [1.54, 1.807) is 4.68 Å². The molecule has 130 valence electrons. The number of piperidine rings is 1. The quantitative estimate of drug-likeness (QED) is 0.576. The van der Waals surface area contributed by atoms with Crippen LogP contribution >= 0.6 is 11.3 Å². The Kier molecular flexibility index (Phi) is 4.13. The van der Waals surface area contributed by atoms with Gasteiger partial charge in [-0.1, -0.05) is 0 Å². The number of nitrogen functional groups attached to an aromatic ring is 1. The van der Waals surface area contributed by atoms with Gasteiger partial charge in [-0.15, -0.1) is 11.3 Å². The lowest BCUT2D eigenvalue weighted by atomic mass is 9.89. The van der Waals surface area contributed by atoms with Crippen LogP contribution in [0.2, 0.25) is 0 Å². The Morgan fingerprint density at radius 1 is 1.24 bits per heavy atom. The van der Waals surface area contributed by atoms with E-state index in [0.717, 1.165) is 52.8 Å². The number of carbonyl (C=O) groups excluding carboxylic acids is 1. The van der Waals surface area contributed by atoms with Crippen molar-refractivity contribution in [3.63, 3.8) is 0 Å². The Morgan fingerprint density at radius 3 is 2.68 bits per heavy atom. The Labute approximate surface area is 151 Å². The van der Waals surface area contributed by atoms with E-state index in [1.165, 1.54) is 16.9 Å². The summed E-state index contributed by atoms with van der Waals surface area (Å²) >= 11 is 1.51. The number of ketones is 1. The number of likely N-dealkylation sites (tertiary alicyclic amines) is 1. The van der Waals surface area contributed by atoms with Crippen LogP contribution in [-0.2, 0) is 0 Å². The van der Waals surface area contributed by atoms with Crippen molar-refractivity contribution in [2.45, 2.75) is 25.7 Å². The summed E-state index contributed by atoms with van der Waals surface area (Å²) in [6.07, 6.45) is 4.32. The number of carbonyl (C=O) groups is 1. The molecule has 1 aliphatic rings. The summed E-state index contributed by atoms with van der Waals surface area (Å²) in [5.74, 6) is 6.80. The van der Waals surface area contributed by atoms with Crippen LogP contribution in [0.4, 0.5) is 0 Å². The van der Waals surface area contributed by atoms with Crippen molar-refractivity contribution in [2.24, 2.45) is 0 Å². The second-order valence-electron chi connectivity index (χ2n) is 7.06. The predicted octanol–water partition coefficient (Wildman–Crippen LogP) is 3.77. The molecule has 3 heterocycles. The van der Waals surface area contributed by atoms with Crippen molar-refractivity contribution >= 4 is 28.0 Å². The van der Waals surface area contributed by atoms with E-state index in [2.05, 4.69) is 11.9 Å². The molecule has 0 spiro atoms. The molecule has 2 aromatic heterocycles. The van der Waals surface area contributed by atoms with Crippen LogP contribution in [0.5, 0.6) is 0 Å². The maximum Gasteiger partial charge on any atom is 0.203 e. The van der Waals surface area contributed by atoms with Gasteiger partial charge in [0.2, 0.25) is 5.78 Å². The Hall–Kier alpha value is -2.11. The third kappa shape index (κ3) is 2.87. The summed E-state index contributed by atoms with van der Waals surface area (Å²) in [6.45, 7) is 4.20. The molecule has 0 radical (unpaired) electrons. The van der Waals surface area contributed by atoms with E-state index in [-0.39, 0.29) is 5.78 Å². The second-order valence-corrected chi connectivity index (χ2v) is 7.98. The van der Waals surface area contributed by atoms with Gasteiger partial charge in [0.25, 0.3) is 0 Å². The average Bonchev–Trinajstić information content (AvgIpc) is 3.18. The molecule has 0 aliphatic carbocycles. The number of nitrogens with zero attached hydrogens (tertiary/aromatic N) is 2. The standard InChI is InChI=1S/C20H23N3OS/c1-13-7-10-25-20(13)19(24)15-3-4-18-16(11-15)17(12-23(18)21)14-5-8-22(2)9-6-14/h3-4,7,10-12,14H,5-6,8-9,21H2,1-2H3. The van der Waals surface area contributed by atoms with Gasteiger partial charge in [-0.25, -0.2) is 0 Å². The first-order valence-corrected chi connectivity index (χ1v) is 9.60. The molecule has 1 aromatic carbocycles. The molecule has 0 atom stereocenters. The van der Waals surface area contributed by atoms with Crippen LogP contribution < -0.4 is 5.84 Å². The highest BCUT2D eigenvalue weighted by molar-refractivity contribution is 7.12. The highest BCUT2D eigenvalue weighted by Gasteiger charge is 2.23. The van der Waals surface area contributed by atoms with E-state index in [0.29, 0.717) is 5.92 Å². The number of aryl methyl sites for hydroxylation is 1. The molecular formula is C20H23N3OS. The zero-order valence-electron chi connectivity index (χ0n) is 14.7. The molecule has 25 heavy (non-hydrogen) atoms. The number of hydrogen-bond acceptors (Lipinski definition) is 4. The molecule has 0 unspecified atom stereocenters. The Bertz CT molecular complexity index is 932. The third-order valence-corrected chi connectivity index (χ3v) is 6.37. The topological polar surface area (TPSA) is 51.3 Å². The van der Waals surface area contributed by atoms with Gasteiger partial charge in [0, 0.05) is 17.1 Å². The fourth-order valence-electron chi connectivity index (χ4n) is 3.80. The van der Waals surface area contributed by atoms with E-state index < -0.39 is 0 Å². The smallest absolute Gasteiger partial charge is 0.203 e. The van der Waals surface area contributed by atoms with Gasteiger partial charge in [0.1, 0.15) is 0 Å².